The molecule has 3 atom stereocenters. The van der Waals surface area contributed by atoms with E-state index in [0.29, 0.717) is 17.4 Å². The number of rotatable bonds is 5. The number of ether oxygens (including phenoxy) is 4. The molecule has 1 N–H and O–H groups in total. The lowest BCUT2D eigenvalue weighted by Crippen LogP contribution is -2.47. The summed E-state index contributed by atoms with van der Waals surface area (Å²) in [5.41, 5.74) is 1.46. The highest BCUT2D eigenvalue weighted by molar-refractivity contribution is 5.95. The van der Waals surface area contributed by atoms with Gasteiger partial charge >= 0.3 is 6.29 Å². The molecular formula is C25H28F2N2O5. The van der Waals surface area contributed by atoms with E-state index < -0.39 is 6.29 Å². The minimum absolute atomic E-state index is 0.0101. The number of benzene rings is 2. The summed E-state index contributed by atoms with van der Waals surface area (Å²) < 4.78 is 46.4. The highest BCUT2D eigenvalue weighted by Gasteiger charge is 2.50. The smallest absolute Gasteiger partial charge is 0.493 e. The van der Waals surface area contributed by atoms with Crippen LogP contribution >= 0.6 is 0 Å². The first-order valence-electron chi connectivity index (χ1n) is 11.3. The average molecular weight is 475 g/mol. The fourth-order valence-electron chi connectivity index (χ4n) is 5.81. The van der Waals surface area contributed by atoms with Gasteiger partial charge in [0.2, 0.25) is 0 Å². The second-order valence-electron chi connectivity index (χ2n) is 9.39. The van der Waals surface area contributed by atoms with Crippen LogP contribution in [0.4, 0.5) is 8.78 Å². The molecule has 9 heteroatoms. The van der Waals surface area contributed by atoms with Gasteiger partial charge in [0.15, 0.2) is 23.0 Å². The number of carbonyl (C=O) groups is 1. The van der Waals surface area contributed by atoms with Crippen LogP contribution in [0.1, 0.15) is 35.2 Å². The summed E-state index contributed by atoms with van der Waals surface area (Å²) >= 11 is 0. The van der Waals surface area contributed by atoms with Crippen LogP contribution in [0.25, 0.3) is 0 Å². The van der Waals surface area contributed by atoms with Crippen molar-refractivity contribution in [1.82, 2.24) is 10.2 Å². The zero-order chi connectivity index (χ0) is 24.1. The molecule has 5 rings (SSSR count). The van der Waals surface area contributed by atoms with Crippen molar-refractivity contribution in [3.05, 3.63) is 47.5 Å². The Morgan fingerprint density at radius 3 is 2.62 bits per heavy atom. The molecule has 1 amide bonds. The van der Waals surface area contributed by atoms with Crippen LogP contribution in [0, 0.1) is 5.92 Å². The van der Waals surface area contributed by atoms with Gasteiger partial charge in [-0.3, -0.25) is 4.79 Å². The summed E-state index contributed by atoms with van der Waals surface area (Å²) in [4.78, 5) is 15.2. The maximum atomic E-state index is 13.3. The van der Waals surface area contributed by atoms with E-state index in [9.17, 15) is 13.6 Å². The van der Waals surface area contributed by atoms with Crippen molar-refractivity contribution in [1.29, 1.82) is 0 Å². The number of fused-ring (bicyclic) bond motifs is 2. The summed E-state index contributed by atoms with van der Waals surface area (Å²) in [6.45, 7) is 1.87. The number of hydrogen-bond donors (Lipinski definition) is 1. The molecule has 2 aromatic carbocycles. The SMILES string of the molecule is COc1ccc(C23CCC(NC(=O)c4ccc5c(c4)OC(F)(F)O5)CC2CN(C)C3)cc1OC. The van der Waals surface area contributed by atoms with E-state index in [2.05, 4.69) is 38.9 Å². The number of hydrogen-bond acceptors (Lipinski definition) is 6. The topological polar surface area (TPSA) is 69.3 Å². The largest absolute Gasteiger partial charge is 0.586 e. The molecule has 3 aliphatic rings. The predicted molar refractivity (Wildman–Crippen MR) is 120 cm³/mol. The minimum Gasteiger partial charge on any atom is -0.493 e. The van der Waals surface area contributed by atoms with Crippen molar-refractivity contribution < 1.29 is 32.5 Å². The molecular weight excluding hydrogens is 446 g/mol. The van der Waals surface area contributed by atoms with Gasteiger partial charge in [0, 0.05) is 30.1 Å². The number of likely N-dealkylation sites (N-methyl/N-ethyl adjacent to an activating group) is 1. The molecule has 7 nitrogen and oxygen atoms in total. The van der Waals surface area contributed by atoms with Crippen LogP contribution in [0.3, 0.4) is 0 Å². The lowest BCUT2D eigenvalue weighted by atomic mass is 9.63. The van der Waals surface area contributed by atoms with E-state index in [1.807, 2.05) is 6.07 Å². The fraction of sp³-hybridized carbons (Fsp3) is 0.480. The van der Waals surface area contributed by atoms with Crippen LogP contribution in [0.5, 0.6) is 23.0 Å². The van der Waals surface area contributed by atoms with Gasteiger partial charge in [0.1, 0.15) is 0 Å². The van der Waals surface area contributed by atoms with Crippen molar-refractivity contribution >= 4 is 5.91 Å². The Kier molecular flexibility index (Phi) is 5.55. The first-order valence-corrected chi connectivity index (χ1v) is 11.3. The number of carbonyl (C=O) groups excluding carboxylic acids is 1. The third kappa shape index (κ3) is 3.91. The molecule has 1 aliphatic carbocycles. The number of methoxy groups -OCH3 is 2. The Balaban J connectivity index is 1.32. The van der Waals surface area contributed by atoms with Gasteiger partial charge in [0.05, 0.1) is 14.2 Å². The quantitative estimate of drug-likeness (QED) is 0.711. The normalized spacial score (nSPS) is 27.2. The molecule has 2 aromatic rings. The Morgan fingerprint density at radius 1 is 1.09 bits per heavy atom. The molecule has 3 unspecified atom stereocenters. The summed E-state index contributed by atoms with van der Waals surface area (Å²) in [5.74, 6) is 1.25. The Hall–Kier alpha value is -3.07. The van der Waals surface area contributed by atoms with Crippen molar-refractivity contribution in [3.8, 4) is 23.0 Å². The van der Waals surface area contributed by atoms with Gasteiger partial charge in [-0.05, 0) is 68.1 Å². The second-order valence-corrected chi connectivity index (χ2v) is 9.39. The number of nitrogens with zero attached hydrogens (tertiary/aromatic N) is 1. The summed E-state index contributed by atoms with van der Waals surface area (Å²) in [6.07, 6.45) is -1.15. The zero-order valence-electron chi connectivity index (χ0n) is 19.4. The monoisotopic (exact) mass is 474 g/mol. The third-order valence-corrected chi connectivity index (χ3v) is 7.33. The van der Waals surface area contributed by atoms with Crippen LogP contribution in [0.2, 0.25) is 0 Å². The van der Waals surface area contributed by atoms with E-state index in [0.717, 1.165) is 32.4 Å². The number of nitrogens with one attached hydrogen (secondary N) is 1. The molecule has 0 aromatic heterocycles. The van der Waals surface area contributed by atoms with Crippen LogP contribution < -0.4 is 24.3 Å². The summed E-state index contributed by atoms with van der Waals surface area (Å²) in [7, 11) is 5.39. The minimum atomic E-state index is -3.71. The molecule has 1 saturated heterocycles. The predicted octanol–water partition coefficient (Wildman–Crippen LogP) is 3.81. The molecule has 0 spiro atoms. The van der Waals surface area contributed by atoms with E-state index in [-0.39, 0.29) is 34.4 Å². The molecule has 1 saturated carbocycles. The Morgan fingerprint density at radius 2 is 1.85 bits per heavy atom. The van der Waals surface area contributed by atoms with Crippen LogP contribution in [-0.4, -0.2) is 57.5 Å². The fourth-order valence-corrected chi connectivity index (χ4v) is 5.81. The van der Waals surface area contributed by atoms with Crippen molar-refractivity contribution in [3.63, 3.8) is 0 Å². The molecule has 2 heterocycles. The van der Waals surface area contributed by atoms with E-state index in [1.165, 1.54) is 23.8 Å². The first-order chi connectivity index (χ1) is 16.2. The van der Waals surface area contributed by atoms with Gasteiger partial charge in [0.25, 0.3) is 5.91 Å². The highest BCUT2D eigenvalue weighted by atomic mass is 19.3. The standard InChI is InChI=1S/C25H28F2N2O5/c1-29-13-17-11-18(28-23(30)15-4-6-20-22(10-15)34-25(26,27)33-20)8-9-24(17,14-29)16-5-7-19(31-2)21(12-16)32-3/h4-7,10,12,17-18H,8-9,11,13-14H2,1-3H3,(H,28,30). The lowest BCUT2D eigenvalue weighted by molar-refractivity contribution is -0.286. The maximum absolute atomic E-state index is 13.3. The number of likely N-dealkylation sites (tertiary alicyclic amines) is 1. The van der Waals surface area contributed by atoms with Crippen molar-refractivity contribution in [2.24, 2.45) is 5.92 Å². The van der Waals surface area contributed by atoms with E-state index in [1.54, 1.807) is 14.2 Å². The van der Waals surface area contributed by atoms with Gasteiger partial charge in [-0.15, -0.1) is 8.78 Å². The molecule has 2 aliphatic heterocycles. The first kappa shape index (κ1) is 22.7. The molecule has 0 radical (unpaired) electrons. The van der Waals surface area contributed by atoms with Gasteiger partial charge in [-0.25, -0.2) is 0 Å². The Bertz CT molecular complexity index is 1110. The molecule has 2 fully saturated rings. The number of alkyl halides is 2. The van der Waals surface area contributed by atoms with Crippen LogP contribution in [0.15, 0.2) is 36.4 Å². The molecule has 182 valence electrons. The molecule has 34 heavy (non-hydrogen) atoms. The highest BCUT2D eigenvalue weighted by Crippen LogP contribution is 2.50. The molecule has 0 bridgehead atoms. The second kappa shape index (κ2) is 8.30. The summed E-state index contributed by atoms with van der Waals surface area (Å²) in [6, 6.07) is 10.2. The summed E-state index contributed by atoms with van der Waals surface area (Å²) in [5, 5.41) is 3.10. The van der Waals surface area contributed by atoms with E-state index >= 15 is 0 Å². The number of amides is 1. The lowest BCUT2D eigenvalue weighted by Gasteiger charge is -2.43. The van der Waals surface area contributed by atoms with Crippen LogP contribution in [-0.2, 0) is 5.41 Å². The number of halogens is 2. The third-order valence-electron chi connectivity index (χ3n) is 7.33. The van der Waals surface area contributed by atoms with Crippen molar-refractivity contribution in [2.75, 3.05) is 34.4 Å². The maximum Gasteiger partial charge on any atom is 0.586 e. The average Bonchev–Trinajstić information content (AvgIpc) is 3.31. The Labute approximate surface area is 196 Å². The van der Waals surface area contributed by atoms with Gasteiger partial charge < -0.3 is 29.2 Å². The van der Waals surface area contributed by atoms with Gasteiger partial charge in [-0.2, -0.15) is 0 Å². The van der Waals surface area contributed by atoms with Crippen molar-refractivity contribution in [2.45, 2.75) is 37.0 Å². The van der Waals surface area contributed by atoms with E-state index in [4.69, 9.17) is 9.47 Å². The van der Waals surface area contributed by atoms with Gasteiger partial charge in [-0.1, -0.05) is 6.07 Å². The zero-order valence-corrected chi connectivity index (χ0v) is 19.4.